The zero-order chi connectivity index (χ0) is 15.5. The maximum absolute atomic E-state index is 12.5. The van der Waals surface area contributed by atoms with E-state index in [0.29, 0.717) is 17.8 Å². The van der Waals surface area contributed by atoms with Gasteiger partial charge in [-0.1, -0.05) is 12.1 Å². The van der Waals surface area contributed by atoms with E-state index >= 15 is 0 Å². The molecule has 2 aromatic rings. The fraction of sp³-hybridized carbons (Fsp3) is 0.471. The van der Waals surface area contributed by atoms with Crippen molar-refractivity contribution >= 4 is 16.9 Å². The number of hydrogen-bond donors (Lipinski definition) is 0. The molecule has 0 atom stereocenters. The Morgan fingerprint density at radius 1 is 1.27 bits per heavy atom. The van der Waals surface area contributed by atoms with Crippen LogP contribution in [0.15, 0.2) is 35.4 Å². The summed E-state index contributed by atoms with van der Waals surface area (Å²) in [6, 6.07) is 7.41. The number of hydrogen-bond acceptors (Lipinski definition) is 4. The smallest absolute Gasteiger partial charge is 0.308 e. The molecule has 1 aromatic heterocycles. The first-order valence-corrected chi connectivity index (χ1v) is 7.71. The number of ether oxygens (including phenoxy) is 1. The van der Waals surface area contributed by atoms with Crippen LogP contribution in [0.25, 0.3) is 10.9 Å². The van der Waals surface area contributed by atoms with Crippen molar-refractivity contribution in [1.29, 1.82) is 0 Å². The Labute approximate surface area is 128 Å². The van der Waals surface area contributed by atoms with Gasteiger partial charge in [0.05, 0.1) is 30.3 Å². The average Bonchev–Trinajstić information content (AvgIpc) is 2.57. The zero-order valence-electron chi connectivity index (χ0n) is 12.7. The minimum atomic E-state index is -0.108. The monoisotopic (exact) mass is 300 g/mol. The molecule has 0 radical (unpaired) electrons. The largest absolute Gasteiger partial charge is 0.469 e. The molecule has 1 saturated carbocycles. The highest BCUT2D eigenvalue weighted by Gasteiger charge is 2.27. The second-order valence-electron chi connectivity index (χ2n) is 5.96. The summed E-state index contributed by atoms with van der Waals surface area (Å²) in [4.78, 5) is 28.4. The third-order valence-electron chi connectivity index (χ3n) is 4.57. The highest BCUT2D eigenvalue weighted by Crippen LogP contribution is 2.30. The van der Waals surface area contributed by atoms with Gasteiger partial charge in [0.15, 0.2) is 0 Å². The van der Waals surface area contributed by atoms with E-state index in [0.717, 1.165) is 31.2 Å². The number of esters is 1. The molecular weight excluding hydrogens is 280 g/mol. The van der Waals surface area contributed by atoms with Crippen LogP contribution in [0, 0.1) is 11.8 Å². The summed E-state index contributed by atoms with van der Waals surface area (Å²) < 4.78 is 6.51. The van der Waals surface area contributed by atoms with Crippen LogP contribution in [0.3, 0.4) is 0 Å². The summed E-state index contributed by atoms with van der Waals surface area (Å²) in [5.41, 5.74) is 0.749. The van der Waals surface area contributed by atoms with Gasteiger partial charge in [0.2, 0.25) is 0 Å². The first-order chi connectivity index (χ1) is 10.7. The summed E-state index contributed by atoms with van der Waals surface area (Å²) in [7, 11) is 1.44. The molecule has 1 aliphatic carbocycles. The third kappa shape index (κ3) is 2.89. The van der Waals surface area contributed by atoms with Crippen LogP contribution < -0.4 is 5.56 Å². The molecule has 0 unspecified atom stereocenters. The molecule has 1 heterocycles. The van der Waals surface area contributed by atoms with Crippen molar-refractivity contribution in [3.63, 3.8) is 0 Å². The number of benzene rings is 1. The van der Waals surface area contributed by atoms with Crippen molar-refractivity contribution in [3.05, 3.63) is 40.9 Å². The molecule has 5 heteroatoms. The highest BCUT2D eigenvalue weighted by molar-refractivity contribution is 5.76. The number of nitrogens with zero attached hydrogens (tertiary/aromatic N) is 2. The lowest BCUT2D eigenvalue weighted by atomic mass is 9.82. The Kier molecular flexibility index (Phi) is 4.22. The molecule has 22 heavy (non-hydrogen) atoms. The van der Waals surface area contributed by atoms with Crippen molar-refractivity contribution in [2.75, 3.05) is 7.11 Å². The lowest BCUT2D eigenvalue weighted by Gasteiger charge is -2.27. The van der Waals surface area contributed by atoms with Gasteiger partial charge in [-0.2, -0.15) is 0 Å². The summed E-state index contributed by atoms with van der Waals surface area (Å²) in [5, 5.41) is 0.660. The number of methoxy groups -OCH3 is 1. The zero-order valence-corrected chi connectivity index (χ0v) is 12.7. The number of carbonyl (C=O) groups is 1. The van der Waals surface area contributed by atoms with E-state index < -0.39 is 0 Å². The van der Waals surface area contributed by atoms with Crippen molar-refractivity contribution in [3.8, 4) is 0 Å². The van der Waals surface area contributed by atoms with Gasteiger partial charge in [-0.25, -0.2) is 4.98 Å². The van der Waals surface area contributed by atoms with Crippen LogP contribution >= 0.6 is 0 Å². The standard InChI is InChI=1S/C17H20N2O3/c1-22-17(21)13-8-6-12(7-9-13)10-19-11-18-15-5-3-2-4-14(15)16(19)20/h2-5,11-13H,6-10H2,1H3. The fourth-order valence-electron chi connectivity index (χ4n) is 3.26. The van der Waals surface area contributed by atoms with Gasteiger partial charge in [0.1, 0.15) is 0 Å². The Morgan fingerprint density at radius 2 is 2.00 bits per heavy atom. The molecule has 0 amide bonds. The first-order valence-electron chi connectivity index (χ1n) is 7.71. The van der Waals surface area contributed by atoms with E-state index in [9.17, 15) is 9.59 Å². The van der Waals surface area contributed by atoms with Gasteiger partial charge in [-0.05, 0) is 43.7 Å². The van der Waals surface area contributed by atoms with E-state index in [4.69, 9.17) is 4.74 Å². The van der Waals surface area contributed by atoms with E-state index in [1.54, 1.807) is 10.9 Å². The van der Waals surface area contributed by atoms with Crippen LogP contribution in [0.5, 0.6) is 0 Å². The fourth-order valence-corrected chi connectivity index (χ4v) is 3.26. The molecule has 1 aliphatic rings. The highest BCUT2D eigenvalue weighted by atomic mass is 16.5. The molecule has 0 aliphatic heterocycles. The summed E-state index contributed by atoms with van der Waals surface area (Å²) in [5.74, 6) is 0.331. The molecule has 3 rings (SSSR count). The van der Waals surface area contributed by atoms with Gasteiger partial charge in [0, 0.05) is 6.54 Å². The SMILES string of the molecule is COC(=O)C1CCC(Cn2cnc3ccccc3c2=O)CC1. The number of fused-ring (bicyclic) bond motifs is 1. The van der Waals surface area contributed by atoms with Crippen LogP contribution in [0.1, 0.15) is 25.7 Å². The molecule has 0 bridgehead atoms. The molecule has 1 aromatic carbocycles. The van der Waals surface area contributed by atoms with Crippen molar-refractivity contribution in [2.24, 2.45) is 11.8 Å². The summed E-state index contributed by atoms with van der Waals surface area (Å²) in [6.07, 6.45) is 5.20. The molecule has 5 nitrogen and oxygen atoms in total. The minimum Gasteiger partial charge on any atom is -0.469 e. The predicted octanol–water partition coefficient (Wildman–Crippen LogP) is 2.38. The second-order valence-corrected chi connectivity index (χ2v) is 5.96. The van der Waals surface area contributed by atoms with Crippen LogP contribution in [0.2, 0.25) is 0 Å². The van der Waals surface area contributed by atoms with Gasteiger partial charge >= 0.3 is 5.97 Å². The quantitative estimate of drug-likeness (QED) is 0.817. The second kappa shape index (κ2) is 6.30. The topological polar surface area (TPSA) is 61.2 Å². The normalized spacial score (nSPS) is 21.7. The van der Waals surface area contributed by atoms with Gasteiger partial charge in [0.25, 0.3) is 5.56 Å². The number of rotatable bonds is 3. The third-order valence-corrected chi connectivity index (χ3v) is 4.57. The Bertz CT molecular complexity index is 730. The Hall–Kier alpha value is -2.17. The number of para-hydroxylation sites is 1. The predicted molar refractivity (Wildman–Crippen MR) is 83.5 cm³/mol. The Morgan fingerprint density at radius 3 is 2.73 bits per heavy atom. The van der Waals surface area contributed by atoms with E-state index in [-0.39, 0.29) is 17.4 Å². The van der Waals surface area contributed by atoms with Crippen molar-refractivity contribution in [1.82, 2.24) is 9.55 Å². The molecular formula is C17H20N2O3. The van der Waals surface area contributed by atoms with Crippen LogP contribution in [-0.4, -0.2) is 22.6 Å². The van der Waals surface area contributed by atoms with Gasteiger partial charge < -0.3 is 4.74 Å². The lowest BCUT2D eigenvalue weighted by molar-refractivity contribution is -0.146. The van der Waals surface area contributed by atoms with E-state index in [1.807, 2.05) is 24.3 Å². The van der Waals surface area contributed by atoms with Crippen molar-refractivity contribution < 1.29 is 9.53 Å². The maximum Gasteiger partial charge on any atom is 0.308 e. The summed E-state index contributed by atoms with van der Waals surface area (Å²) >= 11 is 0. The maximum atomic E-state index is 12.5. The lowest BCUT2D eigenvalue weighted by Crippen LogP contribution is -2.28. The molecule has 0 saturated heterocycles. The summed E-state index contributed by atoms with van der Waals surface area (Å²) in [6.45, 7) is 0.671. The van der Waals surface area contributed by atoms with Crippen LogP contribution in [0.4, 0.5) is 0 Å². The molecule has 0 spiro atoms. The van der Waals surface area contributed by atoms with Crippen LogP contribution in [-0.2, 0) is 16.1 Å². The van der Waals surface area contributed by atoms with E-state index in [1.165, 1.54) is 7.11 Å². The minimum absolute atomic E-state index is 0.0145. The van der Waals surface area contributed by atoms with Crippen molar-refractivity contribution in [2.45, 2.75) is 32.2 Å². The molecule has 0 N–H and O–H groups in total. The first kappa shape index (κ1) is 14.8. The molecule has 1 fully saturated rings. The average molecular weight is 300 g/mol. The molecule has 116 valence electrons. The Balaban J connectivity index is 1.71. The van der Waals surface area contributed by atoms with Gasteiger partial charge in [-0.3, -0.25) is 14.2 Å². The number of aromatic nitrogens is 2. The van der Waals surface area contributed by atoms with Gasteiger partial charge in [-0.15, -0.1) is 0 Å². The van der Waals surface area contributed by atoms with E-state index in [2.05, 4.69) is 4.98 Å². The number of carbonyl (C=O) groups excluding carboxylic acids is 1.